The number of alkyl halides is 4. The topological polar surface area (TPSA) is 60.2 Å². The molecule has 2 fully saturated rings. The molecule has 3 rings (SSSR count). The molecular formula is C12H15F4N3O2. The summed E-state index contributed by atoms with van der Waals surface area (Å²) in [6.07, 6.45) is -0.659. The summed E-state index contributed by atoms with van der Waals surface area (Å²) in [7, 11) is 0. The molecule has 21 heavy (non-hydrogen) atoms. The second-order valence-electron chi connectivity index (χ2n) is 5.49. The highest BCUT2D eigenvalue weighted by Crippen LogP contribution is 2.39. The maximum Gasteiger partial charge on any atom is 0.330 e. The van der Waals surface area contributed by atoms with E-state index in [0.717, 1.165) is 19.3 Å². The van der Waals surface area contributed by atoms with Gasteiger partial charge in [0.1, 0.15) is 13.2 Å². The lowest BCUT2D eigenvalue weighted by Gasteiger charge is -2.15. The number of fused-ring (bicyclic) bond motifs is 2. The van der Waals surface area contributed by atoms with Gasteiger partial charge in [0, 0.05) is 12.1 Å². The predicted molar refractivity (Wildman–Crippen MR) is 62.2 cm³/mol. The van der Waals surface area contributed by atoms with E-state index < -0.39 is 19.0 Å². The summed E-state index contributed by atoms with van der Waals surface area (Å²) in [6.45, 7) is -1.75. The smallest absolute Gasteiger partial charge is 0.330 e. The van der Waals surface area contributed by atoms with Gasteiger partial charge in [-0.1, -0.05) is 5.16 Å². The van der Waals surface area contributed by atoms with E-state index in [1.807, 2.05) is 0 Å². The van der Waals surface area contributed by atoms with Crippen molar-refractivity contribution in [3.05, 3.63) is 11.7 Å². The minimum absolute atomic E-state index is 0.0952. The number of hydrogen-bond donors (Lipinski definition) is 1. The van der Waals surface area contributed by atoms with E-state index in [4.69, 9.17) is 4.52 Å². The molecule has 0 aromatic carbocycles. The van der Waals surface area contributed by atoms with Gasteiger partial charge >= 0.3 is 12.3 Å². The molecule has 1 N–H and O–H groups in total. The fourth-order valence-electron chi connectivity index (χ4n) is 2.92. The van der Waals surface area contributed by atoms with Gasteiger partial charge in [-0.05, 0) is 19.3 Å². The highest BCUT2D eigenvalue weighted by Gasteiger charge is 2.43. The first-order chi connectivity index (χ1) is 9.95. The molecule has 2 aliphatic rings. The Bertz CT molecular complexity index is 497. The van der Waals surface area contributed by atoms with Crippen molar-refractivity contribution in [3.8, 4) is 0 Å². The van der Waals surface area contributed by atoms with Crippen LogP contribution in [0.25, 0.3) is 0 Å². The van der Waals surface area contributed by atoms with Gasteiger partial charge in [0.25, 0.3) is 0 Å². The van der Waals surface area contributed by atoms with Gasteiger partial charge in [0.15, 0.2) is 5.82 Å². The predicted octanol–water partition coefficient (Wildman–Crippen LogP) is 2.09. The van der Waals surface area contributed by atoms with Crippen LogP contribution in [0.5, 0.6) is 0 Å². The highest BCUT2D eigenvalue weighted by atomic mass is 19.3. The Morgan fingerprint density at radius 2 is 2.19 bits per heavy atom. The lowest BCUT2D eigenvalue weighted by Crippen LogP contribution is -2.32. The maximum absolute atomic E-state index is 12.7. The number of hydrogen-bond acceptors (Lipinski definition) is 5. The van der Waals surface area contributed by atoms with Crippen LogP contribution >= 0.6 is 0 Å². The first-order valence-electron chi connectivity index (χ1n) is 6.78. The summed E-state index contributed by atoms with van der Waals surface area (Å²) < 4.78 is 58.9. The summed E-state index contributed by atoms with van der Waals surface area (Å²) in [5.41, 5.74) is 0. The molecule has 0 aliphatic carbocycles. The van der Waals surface area contributed by atoms with Crippen molar-refractivity contribution in [2.75, 3.05) is 6.61 Å². The SMILES string of the molecule is FC(F)C(F)(F)COCc1noc(C2CC3CCC2N3)n1. The molecular weight excluding hydrogens is 294 g/mol. The Morgan fingerprint density at radius 1 is 1.38 bits per heavy atom. The minimum atomic E-state index is -4.17. The van der Waals surface area contributed by atoms with Crippen LogP contribution < -0.4 is 5.32 Å². The third-order valence-electron chi connectivity index (χ3n) is 3.95. The highest BCUT2D eigenvalue weighted by molar-refractivity contribution is 5.09. The fourth-order valence-corrected chi connectivity index (χ4v) is 2.92. The zero-order valence-electron chi connectivity index (χ0n) is 11.1. The summed E-state index contributed by atoms with van der Waals surface area (Å²) in [6, 6.07) is 0.781. The molecule has 1 aromatic rings. The second-order valence-corrected chi connectivity index (χ2v) is 5.49. The lowest BCUT2D eigenvalue weighted by atomic mass is 9.89. The first kappa shape index (κ1) is 14.7. The van der Waals surface area contributed by atoms with Crippen LogP contribution in [0.1, 0.15) is 36.9 Å². The number of nitrogens with zero attached hydrogens (tertiary/aromatic N) is 2. The van der Waals surface area contributed by atoms with E-state index in [1.54, 1.807) is 0 Å². The quantitative estimate of drug-likeness (QED) is 0.815. The average Bonchev–Trinajstić information content (AvgIpc) is 3.13. The molecule has 3 unspecified atom stereocenters. The Morgan fingerprint density at radius 3 is 2.81 bits per heavy atom. The van der Waals surface area contributed by atoms with Crippen LogP contribution in [-0.4, -0.2) is 41.2 Å². The van der Waals surface area contributed by atoms with E-state index in [2.05, 4.69) is 20.2 Å². The van der Waals surface area contributed by atoms with E-state index in [-0.39, 0.29) is 18.3 Å². The largest absolute Gasteiger partial charge is 0.367 e. The normalized spacial score (nSPS) is 28.7. The van der Waals surface area contributed by atoms with Crippen LogP contribution in [0.4, 0.5) is 17.6 Å². The van der Waals surface area contributed by atoms with Gasteiger partial charge in [-0.25, -0.2) is 8.78 Å². The van der Waals surface area contributed by atoms with Crippen LogP contribution in [-0.2, 0) is 11.3 Å². The molecule has 5 nitrogen and oxygen atoms in total. The van der Waals surface area contributed by atoms with Crippen molar-refractivity contribution in [3.63, 3.8) is 0 Å². The monoisotopic (exact) mass is 309 g/mol. The van der Waals surface area contributed by atoms with Crippen molar-refractivity contribution >= 4 is 0 Å². The van der Waals surface area contributed by atoms with Crippen molar-refractivity contribution in [1.82, 2.24) is 15.5 Å². The lowest BCUT2D eigenvalue weighted by molar-refractivity contribution is -0.168. The minimum Gasteiger partial charge on any atom is -0.367 e. The van der Waals surface area contributed by atoms with Crippen molar-refractivity contribution in [2.45, 2.75) is 56.2 Å². The van der Waals surface area contributed by atoms with Gasteiger partial charge in [-0.3, -0.25) is 0 Å². The molecule has 2 bridgehead atoms. The molecule has 0 saturated carbocycles. The van der Waals surface area contributed by atoms with Gasteiger partial charge in [0.05, 0.1) is 5.92 Å². The van der Waals surface area contributed by atoms with Gasteiger partial charge < -0.3 is 14.6 Å². The number of ether oxygens (including phenoxy) is 1. The standard InChI is InChI=1S/C12H15F4N3O2/c13-11(14)12(15,16)5-20-4-9-18-10(21-19-9)7-3-6-1-2-8(7)17-6/h6-8,11,17H,1-5H2. The number of aromatic nitrogens is 2. The Hall–Kier alpha value is -1.22. The van der Waals surface area contributed by atoms with Crippen molar-refractivity contribution in [2.24, 2.45) is 0 Å². The third kappa shape index (κ3) is 3.03. The molecule has 2 saturated heterocycles. The Kier molecular flexibility index (Phi) is 3.87. The van der Waals surface area contributed by atoms with Crippen LogP contribution in [0.3, 0.4) is 0 Å². The number of rotatable bonds is 6. The van der Waals surface area contributed by atoms with Crippen molar-refractivity contribution in [1.29, 1.82) is 0 Å². The molecule has 3 heterocycles. The zero-order chi connectivity index (χ0) is 15.0. The van der Waals surface area contributed by atoms with E-state index >= 15 is 0 Å². The van der Waals surface area contributed by atoms with E-state index in [0.29, 0.717) is 18.0 Å². The molecule has 9 heteroatoms. The molecule has 0 amide bonds. The molecule has 0 radical (unpaired) electrons. The van der Waals surface area contributed by atoms with Gasteiger partial charge in [-0.15, -0.1) is 0 Å². The molecule has 3 atom stereocenters. The number of halogens is 4. The Balaban J connectivity index is 1.52. The summed E-state index contributed by atoms with van der Waals surface area (Å²) in [4.78, 5) is 4.10. The van der Waals surface area contributed by atoms with E-state index in [1.165, 1.54) is 0 Å². The molecule has 118 valence electrons. The molecule has 0 spiro atoms. The average molecular weight is 309 g/mol. The second kappa shape index (κ2) is 5.53. The summed E-state index contributed by atoms with van der Waals surface area (Å²) in [5.74, 6) is -3.49. The van der Waals surface area contributed by atoms with Crippen LogP contribution in [0.15, 0.2) is 4.52 Å². The van der Waals surface area contributed by atoms with E-state index in [9.17, 15) is 17.6 Å². The third-order valence-corrected chi connectivity index (χ3v) is 3.95. The summed E-state index contributed by atoms with van der Waals surface area (Å²) in [5, 5.41) is 7.06. The van der Waals surface area contributed by atoms with Gasteiger partial charge in [-0.2, -0.15) is 13.8 Å². The van der Waals surface area contributed by atoms with Crippen LogP contribution in [0, 0.1) is 0 Å². The fraction of sp³-hybridized carbons (Fsp3) is 0.833. The van der Waals surface area contributed by atoms with Crippen LogP contribution in [0.2, 0.25) is 0 Å². The zero-order valence-corrected chi connectivity index (χ0v) is 11.1. The summed E-state index contributed by atoms with van der Waals surface area (Å²) >= 11 is 0. The Labute approximate surface area is 118 Å². The van der Waals surface area contributed by atoms with Gasteiger partial charge in [0.2, 0.25) is 5.89 Å². The van der Waals surface area contributed by atoms with Crippen molar-refractivity contribution < 1.29 is 26.8 Å². The number of nitrogens with one attached hydrogen (secondary N) is 1. The maximum atomic E-state index is 12.7. The molecule has 1 aromatic heterocycles. The first-order valence-corrected chi connectivity index (χ1v) is 6.78. The molecule has 2 aliphatic heterocycles.